The minimum Gasteiger partial charge on any atom is -0.309 e. The standard InChI is InChI=1S/C52H33N3/c1-4-17-34(18-5-1)36-21-16-22-37(31-36)47-33-46(35-19-6-2-7-20-35)53-52(54-47)45-32-44-40-26-11-13-28-42(40)51-50(49(44)41-27-12-10-25-39(41)45)43-29-14-15-30-48(43)55(51)38-23-8-3-9-24-38/h1-33H. The third-order valence-corrected chi connectivity index (χ3v) is 11.0. The number of fused-ring (bicyclic) bond motifs is 10. The molecule has 11 aromatic rings. The molecule has 0 spiro atoms. The number of hydrogen-bond donors (Lipinski definition) is 0. The Morgan fingerprint density at radius 2 is 0.873 bits per heavy atom. The van der Waals surface area contributed by atoms with Crippen molar-refractivity contribution >= 4 is 54.1 Å². The fourth-order valence-corrected chi connectivity index (χ4v) is 8.52. The predicted molar refractivity (Wildman–Crippen MR) is 231 cm³/mol. The summed E-state index contributed by atoms with van der Waals surface area (Å²) < 4.78 is 2.44. The van der Waals surface area contributed by atoms with Gasteiger partial charge >= 0.3 is 0 Å². The van der Waals surface area contributed by atoms with Crippen LogP contribution in [0.2, 0.25) is 0 Å². The molecule has 9 aromatic carbocycles. The average Bonchev–Trinajstić information content (AvgIpc) is 3.62. The van der Waals surface area contributed by atoms with Crippen LogP contribution in [0, 0.1) is 0 Å². The first-order valence-electron chi connectivity index (χ1n) is 18.8. The number of nitrogens with zero attached hydrogens (tertiary/aromatic N) is 3. The van der Waals surface area contributed by atoms with Gasteiger partial charge in [0.2, 0.25) is 0 Å². The van der Waals surface area contributed by atoms with Crippen molar-refractivity contribution in [3.05, 3.63) is 200 Å². The molecule has 3 nitrogen and oxygen atoms in total. The lowest BCUT2D eigenvalue weighted by atomic mass is 9.90. The highest BCUT2D eigenvalue weighted by molar-refractivity contribution is 6.37. The first-order chi connectivity index (χ1) is 27.3. The van der Waals surface area contributed by atoms with E-state index in [1.165, 1.54) is 54.3 Å². The summed E-state index contributed by atoms with van der Waals surface area (Å²) in [5, 5.41) is 9.64. The van der Waals surface area contributed by atoms with E-state index < -0.39 is 0 Å². The molecule has 0 aliphatic rings. The summed E-state index contributed by atoms with van der Waals surface area (Å²) in [6, 6.07) is 71.3. The van der Waals surface area contributed by atoms with E-state index in [1.807, 2.05) is 6.07 Å². The number of para-hydroxylation sites is 2. The van der Waals surface area contributed by atoms with E-state index >= 15 is 0 Å². The van der Waals surface area contributed by atoms with Gasteiger partial charge in [-0.1, -0.05) is 164 Å². The van der Waals surface area contributed by atoms with Crippen molar-refractivity contribution in [3.8, 4) is 50.7 Å². The van der Waals surface area contributed by atoms with Gasteiger partial charge in [0.05, 0.1) is 22.4 Å². The van der Waals surface area contributed by atoms with E-state index in [2.05, 4.69) is 199 Å². The molecule has 256 valence electrons. The summed E-state index contributed by atoms with van der Waals surface area (Å²) in [5.41, 5.74) is 10.8. The van der Waals surface area contributed by atoms with Gasteiger partial charge in [-0.15, -0.1) is 0 Å². The summed E-state index contributed by atoms with van der Waals surface area (Å²) in [7, 11) is 0. The Hall–Kier alpha value is -7.36. The molecular weight excluding hydrogens is 667 g/mol. The molecule has 11 rings (SSSR count). The smallest absolute Gasteiger partial charge is 0.161 e. The van der Waals surface area contributed by atoms with E-state index in [0.717, 1.165) is 44.7 Å². The zero-order valence-corrected chi connectivity index (χ0v) is 29.9. The molecule has 0 atom stereocenters. The molecule has 0 saturated carbocycles. The van der Waals surface area contributed by atoms with Crippen LogP contribution in [0.4, 0.5) is 0 Å². The molecule has 0 unspecified atom stereocenters. The molecule has 0 radical (unpaired) electrons. The average molecular weight is 700 g/mol. The number of rotatable bonds is 5. The SMILES string of the molecule is c1ccc(-c2cccc(-c3cc(-c4ccccc4)nc(-c4cc5c6ccccc6c6c(c7ccccc7n6-c6ccccc6)c5c5ccccc45)n3)c2)cc1. The zero-order valence-electron chi connectivity index (χ0n) is 29.9. The fraction of sp³-hybridized carbons (Fsp3) is 0. The minimum atomic E-state index is 0.704. The van der Waals surface area contributed by atoms with Gasteiger partial charge in [-0.2, -0.15) is 0 Å². The summed E-state index contributed by atoms with van der Waals surface area (Å²) in [4.78, 5) is 10.8. The lowest BCUT2D eigenvalue weighted by molar-refractivity contribution is 1.19. The second-order valence-corrected chi connectivity index (χ2v) is 14.1. The van der Waals surface area contributed by atoms with Crippen LogP contribution in [0.5, 0.6) is 0 Å². The van der Waals surface area contributed by atoms with Crippen molar-refractivity contribution in [3.63, 3.8) is 0 Å². The molecule has 55 heavy (non-hydrogen) atoms. The van der Waals surface area contributed by atoms with Gasteiger partial charge in [0.1, 0.15) is 0 Å². The van der Waals surface area contributed by atoms with Crippen molar-refractivity contribution in [2.24, 2.45) is 0 Å². The van der Waals surface area contributed by atoms with Crippen molar-refractivity contribution < 1.29 is 0 Å². The number of hydrogen-bond acceptors (Lipinski definition) is 2. The molecule has 3 heteroatoms. The van der Waals surface area contributed by atoms with Crippen LogP contribution in [0.15, 0.2) is 200 Å². The molecule has 0 bridgehead atoms. The lowest BCUT2D eigenvalue weighted by Gasteiger charge is -2.16. The van der Waals surface area contributed by atoms with Crippen LogP contribution in [0.1, 0.15) is 0 Å². The Kier molecular flexibility index (Phi) is 7.17. The molecular formula is C52H33N3. The van der Waals surface area contributed by atoms with E-state index in [9.17, 15) is 0 Å². The molecule has 0 N–H and O–H groups in total. The highest BCUT2D eigenvalue weighted by Crippen LogP contribution is 2.47. The molecule has 0 aliphatic heterocycles. The highest BCUT2D eigenvalue weighted by Gasteiger charge is 2.22. The normalized spacial score (nSPS) is 11.6. The molecule has 2 aromatic heterocycles. The molecule has 0 aliphatic carbocycles. The maximum absolute atomic E-state index is 5.41. The van der Waals surface area contributed by atoms with Crippen molar-refractivity contribution in [2.45, 2.75) is 0 Å². The summed E-state index contributed by atoms with van der Waals surface area (Å²) in [6.07, 6.45) is 0. The Balaban J connectivity index is 1.25. The largest absolute Gasteiger partial charge is 0.309 e. The van der Waals surface area contributed by atoms with Gasteiger partial charge in [0.15, 0.2) is 5.82 Å². The van der Waals surface area contributed by atoms with E-state index in [1.54, 1.807) is 0 Å². The van der Waals surface area contributed by atoms with Crippen LogP contribution in [-0.2, 0) is 0 Å². The monoisotopic (exact) mass is 699 g/mol. The third-order valence-electron chi connectivity index (χ3n) is 11.0. The third kappa shape index (κ3) is 5.05. The summed E-state index contributed by atoms with van der Waals surface area (Å²) in [5.74, 6) is 0.704. The maximum Gasteiger partial charge on any atom is 0.161 e. The van der Waals surface area contributed by atoms with Crippen LogP contribution >= 0.6 is 0 Å². The van der Waals surface area contributed by atoms with Crippen molar-refractivity contribution in [1.29, 1.82) is 0 Å². The highest BCUT2D eigenvalue weighted by atomic mass is 15.0. The first-order valence-corrected chi connectivity index (χ1v) is 18.8. The van der Waals surface area contributed by atoms with Gasteiger partial charge in [-0.05, 0) is 69.1 Å². The van der Waals surface area contributed by atoms with Crippen LogP contribution in [0.25, 0.3) is 105 Å². The number of benzene rings is 9. The summed E-state index contributed by atoms with van der Waals surface area (Å²) >= 11 is 0. The van der Waals surface area contributed by atoms with Crippen LogP contribution < -0.4 is 0 Å². The Labute approximate surface area is 318 Å². The quantitative estimate of drug-likeness (QED) is 0.167. The topological polar surface area (TPSA) is 30.7 Å². The zero-order chi connectivity index (χ0) is 36.3. The van der Waals surface area contributed by atoms with Gasteiger partial charge in [-0.3, -0.25) is 0 Å². The maximum atomic E-state index is 5.41. The van der Waals surface area contributed by atoms with E-state index in [4.69, 9.17) is 9.97 Å². The molecule has 0 saturated heterocycles. The second-order valence-electron chi connectivity index (χ2n) is 14.1. The Morgan fingerprint density at radius 1 is 0.327 bits per heavy atom. The van der Waals surface area contributed by atoms with E-state index in [0.29, 0.717) is 5.82 Å². The first kappa shape index (κ1) is 31.2. The summed E-state index contributed by atoms with van der Waals surface area (Å²) in [6.45, 7) is 0. The molecule has 2 heterocycles. The van der Waals surface area contributed by atoms with Gasteiger partial charge in [-0.25, -0.2) is 9.97 Å². The van der Waals surface area contributed by atoms with Crippen molar-refractivity contribution in [2.75, 3.05) is 0 Å². The number of aromatic nitrogens is 3. The van der Waals surface area contributed by atoms with Gasteiger partial charge in [0.25, 0.3) is 0 Å². The molecule has 0 fully saturated rings. The predicted octanol–water partition coefficient (Wildman–Crippen LogP) is 13.7. The van der Waals surface area contributed by atoms with Crippen LogP contribution in [0.3, 0.4) is 0 Å². The lowest BCUT2D eigenvalue weighted by Crippen LogP contribution is -1.98. The van der Waals surface area contributed by atoms with Crippen molar-refractivity contribution in [1.82, 2.24) is 14.5 Å². The van der Waals surface area contributed by atoms with Gasteiger partial charge < -0.3 is 4.57 Å². The van der Waals surface area contributed by atoms with Gasteiger partial charge in [0, 0.05) is 43.9 Å². The van der Waals surface area contributed by atoms with E-state index in [-0.39, 0.29) is 0 Å². The van der Waals surface area contributed by atoms with Crippen LogP contribution in [-0.4, -0.2) is 14.5 Å². The Bertz CT molecular complexity index is 3240. The fourth-order valence-electron chi connectivity index (χ4n) is 8.52. The Morgan fingerprint density at radius 3 is 1.62 bits per heavy atom. The minimum absolute atomic E-state index is 0.704. The molecule has 0 amide bonds. The second kappa shape index (κ2) is 12.6.